The second-order valence-corrected chi connectivity index (χ2v) is 3.77. The van der Waals surface area contributed by atoms with E-state index in [1.807, 2.05) is 0 Å². The molecule has 0 unspecified atom stereocenters. The number of nitrogens with one attached hydrogen (secondary N) is 1. The summed E-state index contributed by atoms with van der Waals surface area (Å²) in [5.74, 6) is -0.747. The fraction of sp³-hybridized carbons (Fsp3) is 0.400. The summed E-state index contributed by atoms with van der Waals surface area (Å²) in [6.07, 6.45) is -3.92. The molecule has 0 aliphatic heterocycles. The number of amides is 1. The molecule has 19 heavy (non-hydrogen) atoms. The summed E-state index contributed by atoms with van der Waals surface area (Å²) in [5.41, 5.74) is -0.974. The Kier molecular flexibility index (Phi) is 5.37. The fourth-order valence-corrected chi connectivity index (χ4v) is 1.30. The molecule has 9 heteroatoms. The maximum atomic E-state index is 12.3. The third-order valence-electron chi connectivity index (χ3n) is 1.94. The monoisotopic (exact) mass is 298 g/mol. The van der Waals surface area contributed by atoms with Gasteiger partial charge in [0.15, 0.2) is 0 Å². The Bertz CT molecular complexity index is 454. The number of ether oxygens (including phenoxy) is 1. The number of aliphatic hydroxyl groups excluding tert-OH is 1. The van der Waals surface area contributed by atoms with Gasteiger partial charge in [0.05, 0.1) is 12.1 Å². The summed E-state index contributed by atoms with van der Waals surface area (Å²) in [6, 6.07) is 0.705. The predicted molar refractivity (Wildman–Crippen MR) is 59.8 cm³/mol. The smallest absolute Gasteiger partial charge is 0.417 e. The standard InChI is InChI=1S/C10H10ClF3N2O3/c11-7-3-6(10(12,13)14)4-16-9(7)19-2-1-15-8(18)5-17/h3-4,17H,1-2,5H2,(H,15,18). The number of hydrogen-bond acceptors (Lipinski definition) is 4. The van der Waals surface area contributed by atoms with Gasteiger partial charge in [-0.05, 0) is 6.07 Å². The van der Waals surface area contributed by atoms with Gasteiger partial charge in [-0.3, -0.25) is 4.79 Å². The predicted octanol–water partition coefficient (Wildman–Crippen LogP) is 1.24. The van der Waals surface area contributed by atoms with Crippen LogP contribution in [0.5, 0.6) is 5.88 Å². The van der Waals surface area contributed by atoms with Gasteiger partial charge < -0.3 is 15.2 Å². The number of hydrogen-bond donors (Lipinski definition) is 2. The number of alkyl halides is 3. The van der Waals surface area contributed by atoms with Crippen LogP contribution < -0.4 is 10.1 Å². The zero-order chi connectivity index (χ0) is 14.5. The van der Waals surface area contributed by atoms with Crippen molar-refractivity contribution in [3.63, 3.8) is 0 Å². The van der Waals surface area contributed by atoms with Crippen molar-refractivity contribution < 1.29 is 27.8 Å². The first-order valence-electron chi connectivity index (χ1n) is 5.07. The van der Waals surface area contributed by atoms with E-state index >= 15 is 0 Å². The summed E-state index contributed by atoms with van der Waals surface area (Å²) < 4.78 is 42.0. The molecule has 0 atom stereocenters. The van der Waals surface area contributed by atoms with Crippen LogP contribution in [0.3, 0.4) is 0 Å². The molecule has 0 spiro atoms. The Morgan fingerprint density at radius 2 is 2.21 bits per heavy atom. The summed E-state index contributed by atoms with van der Waals surface area (Å²) in [4.78, 5) is 14.1. The van der Waals surface area contributed by atoms with E-state index < -0.39 is 24.3 Å². The molecule has 5 nitrogen and oxygen atoms in total. The molecule has 0 bridgehead atoms. The zero-order valence-corrected chi connectivity index (χ0v) is 10.3. The lowest BCUT2D eigenvalue weighted by Crippen LogP contribution is -2.30. The van der Waals surface area contributed by atoms with Crippen molar-refractivity contribution in [1.82, 2.24) is 10.3 Å². The topological polar surface area (TPSA) is 71.5 Å². The highest BCUT2D eigenvalue weighted by Crippen LogP contribution is 2.32. The van der Waals surface area contributed by atoms with E-state index in [4.69, 9.17) is 21.4 Å². The van der Waals surface area contributed by atoms with Crippen molar-refractivity contribution in [1.29, 1.82) is 0 Å². The SMILES string of the molecule is O=C(CO)NCCOc1ncc(C(F)(F)F)cc1Cl. The first kappa shape index (κ1) is 15.5. The van der Waals surface area contributed by atoms with Gasteiger partial charge in [0, 0.05) is 6.20 Å². The van der Waals surface area contributed by atoms with Crippen LogP contribution in [0.25, 0.3) is 0 Å². The molecular weight excluding hydrogens is 289 g/mol. The van der Waals surface area contributed by atoms with Crippen LogP contribution in [0, 0.1) is 0 Å². The molecule has 0 saturated carbocycles. The maximum absolute atomic E-state index is 12.3. The van der Waals surface area contributed by atoms with Gasteiger partial charge in [0.25, 0.3) is 0 Å². The zero-order valence-electron chi connectivity index (χ0n) is 9.50. The highest BCUT2D eigenvalue weighted by atomic mass is 35.5. The molecule has 0 fully saturated rings. The van der Waals surface area contributed by atoms with Crippen LogP contribution in [0.2, 0.25) is 5.02 Å². The average molecular weight is 299 g/mol. The minimum atomic E-state index is -4.52. The summed E-state index contributed by atoms with van der Waals surface area (Å²) >= 11 is 5.59. The summed E-state index contributed by atoms with van der Waals surface area (Å²) in [7, 11) is 0. The fourth-order valence-electron chi connectivity index (χ4n) is 1.08. The number of aromatic nitrogens is 1. The van der Waals surface area contributed by atoms with Gasteiger partial charge in [0.2, 0.25) is 11.8 Å². The Morgan fingerprint density at radius 1 is 1.53 bits per heavy atom. The highest BCUT2D eigenvalue weighted by molar-refractivity contribution is 6.31. The maximum Gasteiger partial charge on any atom is 0.417 e. The first-order valence-corrected chi connectivity index (χ1v) is 5.45. The molecule has 1 rings (SSSR count). The Hall–Kier alpha value is -1.54. The molecular formula is C10H10ClF3N2O3. The Balaban J connectivity index is 2.54. The van der Waals surface area contributed by atoms with Gasteiger partial charge in [-0.15, -0.1) is 0 Å². The lowest BCUT2D eigenvalue weighted by Gasteiger charge is -2.10. The minimum Gasteiger partial charge on any atom is -0.475 e. The van der Waals surface area contributed by atoms with Crippen molar-refractivity contribution in [3.05, 3.63) is 22.8 Å². The molecule has 0 aliphatic rings. The normalized spacial score (nSPS) is 11.2. The van der Waals surface area contributed by atoms with Gasteiger partial charge >= 0.3 is 6.18 Å². The molecule has 0 aliphatic carbocycles. The number of pyridine rings is 1. The number of carbonyl (C=O) groups is 1. The van der Waals surface area contributed by atoms with E-state index in [1.54, 1.807) is 0 Å². The Labute approximate surface area is 111 Å². The van der Waals surface area contributed by atoms with Crippen LogP contribution in [0.15, 0.2) is 12.3 Å². The molecule has 0 aromatic carbocycles. The molecule has 1 aromatic heterocycles. The van der Waals surface area contributed by atoms with Crippen molar-refractivity contribution in [2.45, 2.75) is 6.18 Å². The van der Waals surface area contributed by atoms with Crippen LogP contribution in [-0.2, 0) is 11.0 Å². The van der Waals surface area contributed by atoms with E-state index in [-0.39, 0.29) is 24.1 Å². The van der Waals surface area contributed by atoms with Crippen LogP contribution >= 0.6 is 11.6 Å². The summed E-state index contributed by atoms with van der Waals surface area (Å²) in [6.45, 7) is -0.623. The third kappa shape index (κ3) is 4.92. The average Bonchev–Trinajstić information content (AvgIpc) is 2.34. The quantitative estimate of drug-likeness (QED) is 0.802. The largest absolute Gasteiger partial charge is 0.475 e. The molecule has 1 amide bonds. The molecule has 0 radical (unpaired) electrons. The minimum absolute atomic E-state index is 0.0379. The van der Waals surface area contributed by atoms with E-state index in [0.29, 0.717) is 12.3 Å². The number of rotatable bonds is 5. The van der Waals surface area contributed by atoms with Crippen LogP contribution in [-0.4, -0.2) is 35.8 Å². The van der Waals surface area contributed by atoms with Crippen LogP contribution in [0.4, 0.5) is 13.2 Å². The molecule has 1 heterocycles. The summed E-state index contributed by atoms with van der Waals surface area (Å²) in [5, 5.41) is 10.4. The first-order chi connectivity index (χ1) is 8.84. The van der Waals surface area contributed by atoms with Crippen molar-refractivity contribution >= 4 is 17.5 Å². The number of halogens is 4. The number of nitrogens with zero attached hydrogens (tertiary/aromatic N) is 1. The lowest BCUT2D eigenvalue weighted by atomic mass is 10.3. The van der Waals surface area contributed by atoms with Crippen molar-refractivity contribution in [2.75, 3.05) is 19.8 Å². The lowest BCUT2D eigenvalue weighted by molar-refractivity contribution is -0.137. The van der Waals surface area contributed by atoms with Gasteiger partial charge in [-0.25, -0.2) is 4.98 Å². The van der Waals surface area contributed by atoms with E-state index in [9.17, 15) is 18.0 Å². The molecule has 1 aromatic rings. The van der Waals surface area contributed by atoms with Gasteiger partial charge in [-0.2, -0.15) is 13.2 Å². The second-order valence-electron chi connectivity index (χ2n) is 3.37. The third-order valence-corrected chi connectivity index (χ3v) is 2.21. The second kappa shape index (κ2) is 6.58. The van der Waals surface area contributed by atoms with Gasteiger partial charge in [0.1, 0.15) is 18.2 Å². The number of aliphatic hydroxyl groups is 1. The van der Waals surface area contributed by atoms with Gasteiger partial charge in [-0.1, -0.05) is 11.6 Å². The van der Waals surface area contributed by atoms with Crippen LogP contribution in [0.1, 0.15) is 5.56 Å². The van der Waals surface area contributed by atoms with Crippen molar-refractivity contribution in [2.24, 2.45) is 0 Å². The number of carbonyl (C=O) groups excluding carboxylic acids is 1. The van der Waals surface area contributed by atoms with E-state index in [0.717, 1.165) is 0 Å². The molecule has 0 saturated heterocycles. The van der Waals surface area contributed by atoms with Crippen molar-refractivity contribution in [3.8, 4) is 5.88 Å². The molecule has 2 N–H and O–H groups in total. The molecule has 106 valence electrons. The Morgan fingerprint density at radius 3 is 2.74 bits per heavy atom. The van der Waals surface area contributed by atoms with E-state index in [1.165, 1.54) is 0 Å². The van der Waals surface area contributed by atoms with E-state index in [2.05, 4.69) is 10.3 Å². The highest BCUT2D eigenvalue weighted by Gasteiger charge is 2.31.